The molecule has 0 aliphatic carbocycles. The smallest absolute Gasteiger partial charge is 0.345 e. The minimum absolute atomic E-state index is 0.268. The van der Waals surface area contributed by atoms with Gasteiger partial charge in [0, 0.05) is 5.02 Å². The van der Waals surface area contributed by atoms with Gasteiger partial charge in [0.15, 0.2) is 6.61 Å². The van der Waals surface area contributed by atoms with E-state index in [1.54, 1.807) is 60.7 Å². The molecule has 9 heteroatoms. The van der Waals surface area contributed by atoms with Gasteiger partial charge in [0.1, 0.15) is 11.5 Å². The fourth-order valence-corrected chi connectivity index (χ4v) is 3.03. The Labute approximate surface area is 193 Å². The highest BCUT2D eigenvalue weighted by Gasteiger charge is 2.12. The molecule has 1 amide bonds. The first-order valence-corrected chi connectivity index (χ1v) is 10.0. The number of hydrogen-bond acceptors (Lipinski definition) is 5. The number of carbonyl (C=O) groups excluding carboxylic acids is 2. The van der Waals surface area contributed by atoms with E-state index in [9.17, 15) is 9.59 Å². The number of hydrogen-bond donors (Lipinski definition) is 1. The Bertz CT molecular complexity index is 1120. The lowest BCUT2D eigenvalue weighted by molar-refractivity contribution is -0.123. The van der Waals surface area contributed by atoms with Crippen molar-refractivity contribution >= 4 is 52.9 Å². The second-order valence-electron chi connectivity index (χ2n) is 6.09. The Morgan fingerprint density at radius 1 is 0.935 bits per heavy atom. The minimum atomic E-state index is -0.555. The molecule has 0 heterocycles. The molecule has 3 rings (SSSR count). The molecule has 0 aliphatic rings. The normalized spacial score (nSPS) is 10.7. The van der Waals surface area contributed by atoms with E-state index in [2.05, 4.69) is 10.5 Å². The zero-order valence-electron chi connectivity index (χ0n) is 15.8. The van der Waals surface area contributed by atoms with E-state index in [1.165, 1.54) is 12.3 Å². The van der Waals surface area contributed by atoms with Crippen LogP contribution in [0.1, 0.15) is 15.9 Å². The van der Waals surface area contributed by atoms with Crippen LogP contribution in [-0.2, 0) is 4.79 Å². The number of hydrazone groups is 1. The van der Waals surface area contributed by atoms with E-state index in [1.807, 2.05) is 0 Å². The third-order valence-corrected chi connectivity index (χ3v) is 4.70. The average molecular weight is 478 g/mol. The summed E-state index contributed by atoms with van der Waals surface area (Å²) in [5, 5.41) is 4.94. The molecule has 0 saturated carbocycles. The van der Waals surface area contributed by atoms with Crippen molar-refractivity contribution in [3.05, 3.63) is 92.9 Å². The van der Waals surface area contributed by atoms with Crippen LogP contribution in [0.5, 0.6) is 11.5 Å². The van der Waals surface area contributed by atoms with Crippen molar-refractivity contribution in [2.75, 3.05) is 6.61 Å². The number of amides is 1. The minimum Gasteiger partial charge on any atom is -0.482 e. The van der Waals surface area contributed by atoms with Crippen molar-refractivity contribution < 1.29 is 19.1 Å². The summed E-state index contributed by atoms with van der Waals surface area (Å²) >= 11 is 17.8. The van der Waals surface area contributed by atoms with Crippen LogP contribution in [0.15, 0.2) is 71.8 Å². The van der Waals surface area contributed by atoms with Gasteiger partial charge >= 0.3 is 5.97 Å². The monoisotopic (exact) mass is 476 g/mol. The van der Waals surface area contributed by atoms with Crippen molar-refractivity contribution in [1.29, 1.82) is 0 Å². The van der Waals surface area contributed by atoms with Crippen LogP contribution >= 0.6 is 34.8 Å². The zero-order chi connectivity index (χ0) is 22.2. The molecule has 158 valence electrons. The first kappa shape index (κ1) is 22.6. The number of nitrogens with zero attached hydrogens (tertiary/aromatic N) is 1. The van der Waals surface area contributed by atoms with Crippen LogP contribution in [0.2, 0.25) is 15.1 Å². The maximum atomic E-state index is 12.2. The van der Waals surface area contributed by atoms with E-state index in [-0.39, 0.29) is 12.2 Å². The molecule has 1 N–H and O–H groups in total. The summed E-state index contributed by atoms with van der Waals surface area (Å²) in [6, 6.07) is 17.9. The van der Waals surface area contributed by atoms with Gasteiger partial charge in [-0.3, -0.25) is 4.79 Å². The molecule has 0 radical (unpaired) electrons. The van der Waals surface area contributed by atoms with E-state index < -0.39 is 11.9 Å². The number of ether oxygens (including phenoxy) is 2. The van der Waals surface area contributed by atoms with Gasteiger partial charge in [-0.15, -0.1) is 0 Å². The molecule has 0 aromatic heterocycles. The number of carbonyl (C=O) groups is 2. The van der Waals surface area contributed by atoms with E-state index in [0.717, 1.165) is 0 Å². The Balaban J connectivity index is 1.48. The molecule has 31 heavy (non-hydrogen) atoms. The number of halogens is 3. The van der Waals surface area contributed by atoms with Crippen molar-refractivity contribution in [3.63, 3.8) is 0 Å². The van der Waals surface area contributed by atoms with E-state index in [0.29, 0.717) is 32.1 Å². The zero-order valence-corrected chi connectivity index (χ0v) is 18.1. The van der Waals surface area contributed by atoms with E-state index in [4.69, 9.17) is 44.3 Å². The van der Waals surface area contributed by atoms with Crippen LogP contribution in [0, 0.1) is 0 Å². The third-order valence-electron chi connectivity index (χ3n) is 3.84. The Morgan fingerprint density at radius 2 is 1.68 bits per heavy atom. The molecule has 3 aromatic rings. The van der Waals surface area contributed by atoms with E-state index >= 15 is 0 Å². The fraction of sp³-hybridized carbons (Fsp3) is 0.0455. The predicted molar refractivity (Wildman–Crippen MR) is 121 cm³/mol. The maximum Gasteiger partial charge on any atom is 0.345 e. The standard InChI is InChI=1S/C22H15Cl3N2O4/c23-15-7-10-20(19(25)11-15)30-13-21(28)27-26-12-14-5-8-16(9-6-14)31-22(29)17-3-1-2-4-18(17)24/h1-12H,13H2,(H,27,28)/b26-12+. The second kappa shape index (κ2) is 10.8. The van der Waals surface area contributed by atoms with Gasteiger partial charge < -0.3 is 9.47 Å². The highest BCUT2D eigenvalue weighted by atomic mass is 35.5. The summed E-state index contributed by atoms with van der Waals surface area (Å²) in [6.45, 7) is -0.268. The molecule has 6 nitrogen and oxygen atoms in total. The van der Waals surface area contributed by atoms with Crippen LogP contribution in [0.3, 0.4) is 0 Å². The summed E-state index contributed by atoms with van der Waals surface area (Å²) in [6.07, 6.45) is 1.44. The lowest BCUT2D eigenvalue weighted by Gasteiger charge is -2.07. The molecule has 0 fully saturated rings. The van der Waals surface area contributed by atoms with Crippen molar-refractivity contribution in [2.45, 2.75) is 0 Å². The Kier molecular flexibility index (Phi) is 7.89. The van der Waals surface area contributed by atoms with Gasteiger partial charge in [-0.25, -0.2) is 10.2 Å². The van der Waals surface area contributed by atoms with Crippen LogP contribution in [0.4, 0.5) is 0 Å². The lowest BCUT2D eigenvalue weighted by atomic mass is 10.2. The Hall–Kier alpha value is -3.06. The molecular formula is C22H15Cl3N2O4. The van der Waals surface area contributed by atoms with Gasteiger partial charge in [0.25, 0.3) is 5.91 Å². The molecular weight excluding hydrogens is 463 g/mol. The summed E-state index contributed by atoms with van der Waals surface area (Å²) in [5.74, 6) is -0.334. The summed E-state index contributed by atoms with van der Waals surface area (Å²) < 4.78 is 10.6. The molecule has 0 atom stereocenters. The van der Waals surface area contributed by atoms with Crippen LogP contribution in [-0.4, -0.2) is 24.7 Å². The Morgan fingerprint density at radius 3 is 2.39 bits per heavy atom. The molecule has 0 bridgehead atoms. The number of benzene rings is 3. The quantitative estimate of drug-likeness (QED) is 0.214. The summed E-state index contributed by atoms with van der Waals surface area (Å²) in [7, 11) is 0. The number of esters is 1. The van der Waals surface area contributed by atoms with Crippen LogP contribution in [0.25, 0.3) is 0 Å². The second-order valence-corrected chi connectivity index (χ2v) is 7.35. The predicted octanol–water partition coefficient (Wildman–Crippen LogP) is 5.40. The fourth-order valence-electron chi connectivity index (χ4n) is 2.36. The van der Waals surface area contributed by atoms with Crippen LogP contribution < -0.4 is 14.9 Å². The third kappa shape index (κ3) is 6.72. The number of nitrogens with one attached hydrogen (secondary N) is 1. The average Bonchev–Trinajstić information content (AvgIpc) is 2.74. The summed E-state index contributed by atoms with van der Waals surface area (Å²) in [4.78, 5) is 24.0. The van der Waals surface area contributed by atoms with Gasteiger partial charge in [-0.2, -0.15) is 5.10 Å². The van der Waals surface area contributed by atoms with Crippen molar-refractivity contribution in [2.24, 2.45) is 5.10 Å². The largest absolute Gasteiger partial charge is 0.482 e. The molecule has 0 unspecified atom stereocenters. The lowest BCUT2D eigenvalue weighted by Crippen LogP contribution is -2.24. The first-order valence-electron chi connectivity index (χ1n) is 8.89. The van der Waals surface area contributed by atoms with Gasteiger partial charge in [-0.05, 0) is 60.2 Å². The number of rotatable bonds is 7. The van der Waals surface area contributed by atoms with Gasteiger partial charge in [0.2, 0.25) is 0 Å². The topological polar surface area (TPSA) is 77.0 Å². The molecule has 0 aliphatic heterocycles. The maximum absolute atomic E-state index is 12.2. The van der Waals surface area contributed by atoms with Gasteiger partial charge in [0.05, 0.1) is 21.8 Å². The highest BCUT2D eigenvalue weighted by molar-refractivity contribution is 6.35. The first-order chi connectivity index (χ1) is 14.9. The molecule has 3 aromatic carbocycles. The molecule has 0 spiro atoms. The summed E-state index contributed by atoms with van der Waals surface area (Å²) in [5.41, 5.74) is 3.30. The van der Waals surface area contributed by atoms with Crippen molar-refractivity contribution in [1.82, 2.24) is 5.43 Å². The SMILES string of the molecule is O=C(COc1ccc(Cl)cc1Cl)N/N=C/c1ccc(OC(=O)c2ccccc2Cl)cc1. The van der Waals surface area contributed by atoms with Gasteiger partial charge in [-0.1, -0.05) is 46.9 Å². The molecule has 0 saturated heterocycles. The highest BCUT2D eigenvalue weighted by Crippen LogP contribution is 2.27. The van der Waals surface area contributed by atoms with Crippen molar-refractivity contribution in [3.8, 4) is 11.5 Å².